The summed E-state index contributed by atoms with van der Waals surface area (Å²) in [6.45, 7) is 2.11. The number of rotatable bonds is 6. The van der Waals surface area contributed by atoms with Crippen molar-refractivity contribution < 1.29 is 0 Å². The topological polar surface area (TPSA) is 15.8 Å². The Labute approximate surface area is 123 Å². The Morgan fingerprint density at radius 3 is 2.95 bits per heavy atom. The SMILES string of the molecule is CC=C(CC=CSCSC)c1c[nH]c2ccccc12. The Morgan fingerprint density at radius 2 is 2.16 bits per heavy atom. The zero-order chi connectivity index (χ0) is 13.5. The summed E-state index contributed by atoms with van der Waals surface area (Å²) < 4.78 is 0. The maximum absolute atomic E-state index is 3.34. The molecule has 100 valence electrons. The van der Waals surface area contributed by atoms with Crippen LogP contribution in [-0.4, -0.2) is 16.3 Å². The summed E-state index contributed by atoms with van der Waals surface area (Å²) in [6, 6.07) is 8.46. The molecule has 0 unspecified atom stereocenters. The smallest absolute Gasteiger partial charge is 0.0460 e. The van der Waals surface area contributed by atoms with E-state index in [9.17, 15) is 0 Å². The lowest BCUT2D eigenvalue weighted by molar-refractivity contribution is 1.38. The number of para-hydroxylation sites is 1. The van der Waals surface area contributed by atoms with Crippen LogP contribution >= 0.6 is 23.5 Å². The molecule has 0 saturated carbocycles. The van der Waals surface area contributed by atoms with E-state index in [0.717, 1.165) is 11.5 Å². The first kappa shape index (κ1) is 14.4. The highest BCUT2D eigenvalue weighted by atomic mass is 32.2. The van der Waals surface area contributed by atoms with E-state index in [1.54, 1.807) is 0 Å². The van der Waals surface area contributed by atoms with Crippen molar-refractivity contribution in [3.63, 3.8) is 0 Å². The van der Waals surface area contributed by atoms with Crippen molar-refractivity contribution in [1.82, 2.24) is 4.98 Å². The number of aromatic nitrogens is 1. The zero-order valence-corrected chi connectivity index (χ0v) is 13.0. The predicted molar refractivity (Wildman–Crippen MR) is 91.7 cm³/mol. The summed E-state index contributed by atoms with van der Waals surface area (Å²) in [7, 11) is 0. The van der Waals surface area contributed by atoms with Gasteiger partial charge in [-0.1, -0.05) is 30.4 Å². The third kappa shape index (κ3) is 3.71. The minimum Gasteiger partial charge on any atom is -0.361 e. The zero-order valence-electron chi connectivity index (χ0n) is 11.3. The van der Waals surface area contributed by atoms with Crippen molar-refractivity contribution in [3.8, 4) is 0 Å². The molecule has 2 rings (SSSR count). The second-order valence-electron chi connectivity index (χ2n) is 4.21. The van der Waals surface area contributed by atoms with E-state index >= 15 is 0 Å². The lowest BCUT2D eigenvalue weighted by atomic mass is 10.0. The van der Waals surface area contributed by atoms with Crippen LogP contribution < -0.4 is 0 Å². The number of nitrogens with one attached hydrogen (secondary N) is 1. The first-order chi connectivity index (χ1) is 9.36. The van der Waals surface area contributed by atoms with Gasteiger partial charge in [-0.05, 0) is 36.6 Å². The maximum Gasteiger partial charge on any atom is 0.0460 e. The highest BCUT2D eigenvalue weighted by Crippen LogP contribution is 2.27. The molecule has 0 saturated heterocycles. The summed E-state index contributed by atoms with van der Waals surface area (Å²) in [5.41, 5.74) is 3.90. The van der Waals surface area contributed by atoms with Crippen LogP contribution in [0.5, 0.6) is 0 Å². The van der Waals surface area contributed by atoms with Crippen LogP contribution in [0.3, 0.4) is 0 Å². The number of benzene rings is 1. The molecule has 1 aromatic heterocycles. The molecule has 19 heavy (non-hydrogen) atoms. The van der Waals surface area contributed by atoms with Crippen LogP contribution in [0.15, 0.2) is 48.0 Å². The highest BCUT2D eigenvalue weighted by Gasteiger charge is 2.05. The molecule has 0 atom stereocenters. The van der Waals surface area contributed by atoms with Gasteiger partial charge in [0, 0.05) is 27.7 Å². The molecule has 0 aliphatic heterocycles. The van der Waals surface area contributed by atoms with E-state index in [1.165, 1.54) is 22.0 Å². The molecule has 1 aromatic carbocycles. The van der Waals surface area contributed by atoms with Crippen molar-refractivity contribution in [3.05, 3.63) is 53.6 Å². The van der Waals surface area contributed by atoms with Gasteiger partial charge in [-0.15, -0.1) is 11.8 Å². The Kier molecular flexibility index (Phi) is 5.67. The number of allylic oxidation sites excluding steroid dienone is 3. The van der Waals surface area contributed by atoms with Gasteiger partial charge in [-0.2, -0.15) is 11.8 Å². The van der Waals surface area contributed by atoms with Crippen molar-refractivity contribution >= 4 is 40.0 Å². The number of hydrogen-bond donors (Lipinski definition) is 1. The van der Waals surface area contributed by atoms with Crippen LogP contribution in [0, 0.1) is 0 Å². The lowest BCUT2D eigenvalue weighted by Crippen LogP contribution is -1.80. The lowest BCUT2D eigenvalue weighted by Gasteiger charge is -2.02. The van der Waals surface area contributed by atoms with Crippen LogP contribution in [0.25, 0.3) is 16.5 Å². The quantitative estimate of drug-likeness (QED) is 0.556. The monoisotopic (exact) mass is 289 g/mol. The molecular weight excluding hydrogens is 270 g/mol. The van der Waals surface area contributed by atoms with Gasteiger partial charge in [0.1, 0.15) is 0 Å². The molecule has 0 aliphatic rings. The first-order valence-corrected chi connectivity index (χ1v) is 8.78. The standard InChI is InChI=1S/C16H19NS2/c1-3-13(7-6-10-19-12-18-2)15-11-17-16-9-5-4-8-14(15)16/h3-6,8-11,17H,7,12H2,1-2H3. The Hall–Kier alpha value is -1.06. The van der Waals surface area contributed by atoms with Crippen molar-refractivity contribution in [2.45, 2.75) is 13.3 Å². The summed E-state index contributed by atoms with van der Waals surface area (Å²) in [6.07, 6.45) is 9.68. The molecule has 0 aliphatic carbocycles. The second kappa shape index (κ2) is 7.51. The van der Waals surface area contributed by atoms with Gasteiger partial charge in [-0.25, -0.2) is 0 Å². The molecule has 3 heteroatoms. The predicted octanol–water partition coefficient (Wildman–Crippen LogP) is 5.53. The van der Waals surface area contributed by atoms with E-state index in [4.69, 9.17) is 0 Å². The largest absolute Gasteiger partial charge is 0.361 e. The molecule has 0 spiro atoms. The fourth-order valence-corrected chi connectivity index (χ4v) is 3.16. The van der Waals surface area contributed by atoms with Gasteiger partial charge in [0.15, 0.2) is 0 Å². The molecule has 0 amide bonds. The minimum atomic E-state index is 0.986. The summed E-state index contributed by atoms with van der Waals surface area (Å²) >= 11 is 3.71. The van der Waals surface area contributed by atoms with Crippen molar-refractivity contribution in [1.29, 1.82) is 0 Å². The van der Waals surface area contributed by atoms with Crippen LogP contribution in [0.4, 0.5) is 0 Å². The minimum absolute atomic E-state index is 0.986. The van der Waals surface area contributed by atoms with Gasteiger partial charge in [-0.3, -0.25) is 0 Å². The van der Waals surface area contributed by atoms with E-state index in [1.807, 2.05) is 23.5 Å². The van der Waals surface area contributed by atoms with E-state index in [-0.39, 0.29) is 0 Å². The number of fused-ring (bicyclic) bond motifs is 1. The summed E-state index contributed by atoms with van der Waals surface area (Å²) in [5, 5.41) is 4.63. The number of aromatic amines is 1. The Morgan fingerprint density at radius 1 is 1.32 bits per heavy atom. The molecule has 1 nitrogen and oxygen atoms in total. The maximum atomic E-state index is 3.34. The highest BCUT2D eigenvalue weighted by molar-refractivity contribution is 8.17. The normalized spacial score (nSPS) is 12.6. The van der Waals surface area contributed by atoms with Crippen molar-refractivity contribution in [2.24, 2.45) is 0 Å². The fourth-order valence-electron chi connectivity index (χ4n) is 2.07. The molecule has 0 fully saturated rings. The average Bonchev–Trinajstić information content (AvgIpc) is 2.87. The van der Waals surface area contributed by atoms with E-state index in [2.05, 4.69) is 66.2 Å². The van der Waals surface area contributed by atoms with Crippen LogP contribution in [0.1, 0.15) is 18.9 Å². The molecular formula is C16H19NS2. The third-order valence-electron chi connectivity index (χ3n) is 3.00. The molecule has 1 N–H and O–H groups in total. The van der Waals surface area contributed by atoms with Gasteiger partial charge in [0.25, 0.3) is 0 Å². The van der Waals surface area contributed by atoms with Gasteiger partial charge < -0.3 is 4.98 Å². The van der Waals surface area contributed by atoms with E-state index < -0.39 is 0 Å². The molecule has 0 bridgehead atoms. The molecule has 0 radical (unpaired) electrons. The van der Waals surface area contributed by atoms with Gasteiger partial charge in [0.2, 0.25) is 0 Å². The fraction of sp³-hybridized carbons (Fsp3) is 0.250. The molecule has 1 heterocycles. The third-order valence-corrected chi connectivity index (χ3v) is 4.87. The Bertz CT molecular complexity index is 581. The summed E-state index contributed by atoms with van der Waals surface area (Å²) in [4.78, 5) is 3.34. The number of thioether (sulfide) groups is 2. The van der Waals surface area contributed by atoms with Gasteiger partial charge >= 0.3 is 0 Å². The number of H-pyrrole nitrogens is 1. The first-order valence-electron chi connectivity index (χ1n) is 6.34. The van der Waals surface area contributed by atoms with Crippen LogP contribution in [0.2, 0.25) is 0 Å². The molecule has 2 aromatic rings. The van der Waals surface area contributed by atoms with Gasteiger partial charge in [0.05, 0.1) is 0 Å². The average molecular weight is 289 g/mol. The second-order valence-corrected chi connectivity index (χ2v) is 6.34. The number of hydrogen-bond acceptors (Lipinski definition) is 2. The van der Waals surface area contributed by atoms with Crippen molar-refractivity contribution in [2.75, 3.05) is 11.3 Å². The summed E-state index contributed by atoms with van der Waals surface area (Å²) in [5.74, 6) is 0. The Balaban J connectivity index is 2.12. The van der Waals surface area contributed by atoms with Crippen LogP contribution in [-0.2, 0) is 0 Å². The van der Waals surface area contributed by atoms with E-state index in [0.29, 0.717) is 0 Å².